The lowest BCUT2D eigenvalue weighted by molar-refractivity contribution is 0.171. The fourth-order valence-corrected chi connectivity index (χ4v) is 5.76. The predicted molar refractivity (Wildman–Crippen MR) is 89.8 cm³/mol. The van der Waals surface area contributed by atoms with Crippen molar-refractivity contribution < 1.29 is 0 Å². The van der Waals surface area contributed by atoms with Crippen LogP contribution in [0.2, 0.25) is 0 Å². The number of hydrogen-bond donors (Lipinski definition) is 1. The minimum atomic E-state index is 0.624. The van der Waals surface area contributed by atoms with E-state index in [1.807, 2.05) is 11.3 Å². The Bertz CT molecular complexity index is 438. The van der Waals surface area contributed by atoms with Gasteiger partial charge in [0, 0.05) is 29.5 Å². The smallest absolute Gasteiger partial charge is 0.0446 e. The molecule has 1 aromatic rings. The minimum absolute atomic E-state index is 0.624. The third-order valence-electron chi connectivity index (χ3n) is 5.97. The average Bonchev–Trinajstić information content (AvgIpc) is 3.26. The Hall–Kier alpha value is -0.380. The van der Waals surface area contributed by atoms with Gasteiger partial charge in [-0.25, -0.2) is 0 Å². The zero-order valence-electron chi connectivity index (χ0n) is 13.0. The van der Waals surface area contributed by atoms with Gasteiger partial charge in [0.05, 0.1) is 0 Å². The number of fused-ring (bicyclic) bond motifs is 1. The molecule has 21 heavy (non-hydrogen) atoms. The minimum Gasteiger partial charge on any atom is -0.305 e. The summed E-state index contributed by atoms with van der Waals surface area (Å²) in [6.45, 7) is 2.67. The number of hydrogen-bond acceptors (Lipinski definition) is 3. The van der Waals surface area contributed by atoms with E-state index < -0.39 is 0 Å². The molecule has 1 aliphatic carbocycles. The number of rotatable bonds is 4. The summed E-state index contributed by atoms with van der Waals surface area (Å²) in [5.41, 5.74) is 0. The Morgan fingerprint density at radius 3 is 2.71 bits per heavy atom. The van der Waals surface area contributed by atoms with Crippen LogP contribution in [-0.2, 0) is 0 Å². The molecule has 1 N–H and O–H groups in total. The first-order chi connectivity index (χ1) is 10.4. The second-order valence-corrected chi connectivity index (χ2v) is 8.18. The average molecular weight is 305 g/mol. The van der Waals surface area contributed by atoms with E-state index in [0.717, 1.165) is 18.0 Å². The highest BCUT2D eigenvalue weighted by Gasteiger charge is 2.38. The molecule has 2 nitrogen and oxygen atoms in total. The van der Waals surface area contributed by atoms with E-state index in [1.165, 1.54) is 64.5 Å². The molecule has 3 heterocycles. The molecular formula is C18H28N2S. The van der Waals surface area contributed by atoms with Gasteiger partial charge in [0.2, 0.25) is 0 Å². The van der Waals surface area contributed by atoms with Crippen LogP contribution in [0.4, 0.5) is 0 Å². The summed E-state index contributed by atoms with van der Waals surface area (Å²) < 4.78 is 0. The fraction of sp³-hybridized carbons (Fsp3) is 0.778. The molecule has 3 unspecified atom stereocenters. The first-order valence-electron chi connectivity index (χ1n) is 8.95. The summed E-state index contributed by atoms with van der Waals surface area (Å²) in [4.78, 5) is 4.33. The lowest BCUT2D eigenvalue weighted by Crippen LogP contribution is -2.46. The van der Waals surface area contributed by atoms with Crippen molar-refractivity contribution >= 4 is 11.3 Å². The molecule has 2 saturated heterocycles. The lowest BCUT2D eigenvalue weighted by atomic mass is 9.93. The van der Waals surface area contributed by atoms with Crippen LogP contribution in [0.1, 0.15) is 62.3 Å². The van der Waals surface area contributed by atoms with Crippen LogP contribution >= 0.6 is 11.3 Å². The molecule has 0 spiro atoms. The molecule has 0 bridgehead atoms. The maximum absolute atomic E-state index is 4.13. The van der Waals surface area contributed by atoms with Gasteiger partial charge in [-0.15, -0.1) is 11.3 Å². The second-order valence-electron chi connectivity index (χ2n) is 7.20. The van der Waals surface area contributed by atoms with Crippen molar-refractivity contribution in [1.82, 2.24) is 10.2 Å². The van der Waals surface area contributed by atoms with Gasteiger partial charge in [0.15, 0.2) is 0 Å². The van der Waals surface area contributed by atoms with E-state index in [-0.39, 0.29) is 0 Å². The van der Waals surface area contributed by atoms with Crippen molar-refractivity contribution in [2.45, 2.75) is 69.5 Å². The van der Waals surface area contributed by atoms with Crippen LogP contribution in [0, 0.1) is 5.92 Å². The summed E-state index contributed by atoms with van der Waals surface area (Å²) in [6.07, 6.45) is 11.4. The Balaban J connectivity index is 1.49. The SMILES string of the molecule is c1csc(C(NC2CCN3CCCCC23)C2CCCC2)c1. The van der Waals surface area contributed by atoms with Crippen molar-refractivity contribution in [1.29, 1.82) is 0 Å². The molecule has 3 atom stereocenters. The summed E-state index contributed by atoms with van der Waals surface area (Å²) in [7, 11) is 0. The van der Waals surface area contributed by atoms with Crippen LogP contribution in [0.5, 0.6) is 0 Å². The fourth-order valence-electron chi connectivity index (χ4n) is 4.88. The highest BCUT2D eigenvalue weighted by atomic mass is 32.1. The van der Waals surface area contributed by atoms with Crippen LogP contribution in [0.25, 0.3) is 0 Å². The molecule has 0 aromatic carbocycles. The quantitative estimate of drug-likeness (QED) is 0.897. The largest absolute Gasteiger partial charge is 0.305 e. The molecule has 116 valence electrons. The highest BCUT2D eigenvalue weighted by Crippen LogP contribution is 2.39. The number of piperidine rings is 1. The van der Waals surface area contributed by atoms with Gasteiger partial charge in [-0.05, 0) is 56.0 Å². The second kappa shape index (κ2) is 6.39. The van der Waals surface area contributed by atoms with Crippen molar-refractivity contribution in [2.24, 2.45) is 5.92 Å². The van der Waals surface area contributed by atoms with Crippen molar-refractivity contribution in [3.05, 3.63) is 22.4 Å². The van der Waals surface area contributed by atoms with Crippen LogP contribution in [0.15, 0.2) is 17.5 Å². The molecule has 0 amide bonds. The highest BCUT2D eigenvalue weighted by molar-refractivity contribution is 7.10. The molecule has 2 aliphatic heterocycles. The zero-order valence-corrected chi connectivity index (χ0v) is 13.8. The molecular weight excluding hydrogens is 276 g/mol. The van der Waals surface area contributed by atoms with E-state index in [4.69, 9.17) is 0 Å². The Labute approximate surface area is 132 Å². The summed E-state index contributed by atoms with van der Waals surface area (Å²) in [5, 5.41) is 6.38. The maximum atomic E-state index is 4.13. The molecule has 4 rings (SSSR count). The van der Waals surface area contributed by atoms with Crippen LogP contribution < -0.4 is 5.32 Å². The van der Waals surface area contributed by atoms with Crippen LogP contribution in [-0.4, -0.2) is 30.1 Å². The van der Waals surface area contributed by atoms with Gasteiger partial charge in [-0.1, -0.05) is 25.3 Å². The van der Waals surface area contributed by atoms with E-state index in [2.05, 4.69) is 27.7 Å². The van der Waals surface area contributed by atoms with E-state index in [0.29, 0.717) is 6.04 Å². The molecule has 3 aliphatic rings. The van der Waals surface area contributed by atoms with E-state index >= 15 is 0 Å². The van der Waals surface area contributed by atoms with Crippen LogP contribution in [0.3, 0.4) is 0 Å². The summed E-state index contributed by atoms with van der Waals surface area (Å²) in [6, 6.07) is 6.76. The standard InChI is InChI=1S/C18H28N2S/c1-2-7-14(6-1)18(17-9-5-13-21-17)19-15-10-12-20-11-4-3-8-16(15)20/h5,9,13-16,18-19H,1-4,6-8,10-12H2. The number of nitrogens with zero attached hydrogens (tertiary/aromatic N) is 1. The van der Waals surface area contributed by atoms with Gasteiger partial charge < -0.3 is 5.32 Å². The third kappa shape index (κ3) is 2.93. The first kappa shape index (κ1) is 14.2. The molecule has 0 radical (unpaired) electrons. The lowest BCUT2D eigenvalue weighted by Gasteiger charge is -2.35. The zero-order chi connectivity index (χ0) is 14.1. The van der Waals surface area contributed by atoms with Gasteiger partial charge in [0.1, 0.15) is 0 Å². The van der Waals surface area contributed by atoms with E-state index in [9.17, 15) is 0 Å². The number of thiophene rings is 1. The first-order valence-corrected chi connectivity index (χ1v) is 9.83. The maximum Gasteiger partial charge on any atom is 0.0446 e. The molecule has 3 fully saturated rings. The third-order valence-corrected chi connectivity index (χ3v) is 6.93. The molecule has 1 aromatic heterocycles. The van der Waals surface area contributed by atoms with E-state index in [1.54, 1.807) is 4.88 Å². The Kier molecular flexibility index (Phi) is 4.33. The van der Waals surface area contributed by atoms with Gasteiger partial charge in [-0.3, -0.25) is 4.90 Å². The van der Waals surface area contributed by atoms with Crippen molar-refractivity contribution in [3.63, 3.8) is 0 Å². The Morgan fingerprint density at radius 2 is 1.90 bits per heavy atom. The summed E-state index contributed by atoms with van der Waals surface area (Å²) in [5.74, 6) is 0.876. The normalized spacial score (nSPS) is 32.4. The van der Waals surface area contributed by atoms with Crippen molar-refractivity contribution in [3.8, 4) is 0 Å². The molecule has 3 heteroatoms. The van der Waals surface area contributed by atoms with Gasteiger partial charge in [-0.2, -0.15) is 0 Å². The number of nitrogens with one attached hydrogen (secondary N) is 1. The Morgan fingerprint density at radius 1 is 1.05 bits per heavy atom. The van der Waals surface area contributed by atoms with Gasteiger partial charge in [0.25, 0.3) is 0 Å². The van der Waals surface area contributed by atoms with Crippen molar-refractivity contribution in [2.75, 3.05) is 13.1 Å². The topological polar surface area (TPSA) is 15.3 Å². The summed E-state index contributed by atoms with van der Waals surface area (Å²) >= 11 is 1.95. The monoisotopic (exact) mass is 304 g/mol. The van der Waals surface area contributed by atoms with Gasteiger partial charge >= 0.3 is 0 Å². The molecule has 1 saturated carbocycles. The predicted octanol–water partition coefficient (Wildman–Crippen LogP) is 4.20.